The molecule has 2 amide bonds. The largest absolute Gasteiger partial charge is 0.355 e. The van der Waals surface area contributed by atoms with Crippen LogP contribution in [0.5, 0.6) is 0 Å². The lowest BCUT2D eigenvalue weighted by Gasteiger charge is -2.35. The van der Waals surface area contributed by atoms with Gasteiger partial charge in [-0.1, -0.05) is 6.42 Å². The fraction of sp³-hybridized carbons (Fsp3) is 0.667. The third kappa shape index (κ3) is 5.48. The summed E-state index contributed by atoms with van der Waals surface area (Å²) in [6.07, 6.45) is 7.17. The highest BCUT2D eigenvalue weighted by atomic mass is 16.2. The first-order chi connectivity index (χ1) is 10.6. The predicted molar refractivity (Wildman–Crippen MR) is 83.1 cm³/mol. The van der Waals surface area contributed by atoms with Crippen molar-refractivity contribution in [2.24, 2.45) is 0 Å². The Morgan fingerprint density at radius 2 is 2.09 bits per heavy atom. The van der Waals surface area contributed by atoms with Gasteiger partial charge in [0.2, 0.25) is 11.8 Å². The number of carbonyl (C=O) groups is 2. The Balaban J connectivity index is 1.75. The van der Waals surface area contributed by atoms with Crippen molar-refractivity contribution in [3.8, 4) is 0 Å². The minimum atomic E-state index is -0.0791. The Kier molecular flexibility index (Phi) is 6.39. The number of hydrogen-bond donors (Lipinski definition) is 2. The van der Waals surface area contributed by atoms with Crippen LogP contribution in [0.4, 0.5) is 0 Å². The van der Waals surface area contributed by atoms with Crippen molar-refractivity contribution in [1.82, 2.24) is 25.3 Å². The first kappa shape index (κ1) is 16.5. The highest BCUT2D eigenvalue weighted by Gasteiger charge is 2.24. The number of piperidine rings is 1. The molecule has 0 saturated carbocycles. The SMILES string of the molecule is CC(=O)NCCNC(=O)CN1CCCCC1Cn1cccn1. The summed E-state index contributed by atoms with van der Waals surface area (Å²) >= 11 is 0. The second-order valence-corrected chi connectivity index (χ2v) is 5.68. The van der Waals surface area contributed by atoms with Crippen molar-refractivity contribution in [1.29, 1.82) is 0 Å². The van der Waals surface area contributed by atoms with Crippen LogP contribution in [0.1, 0.15) is 26.2 Å². The highest BCUT2D eigenvalue weighted by Crippen LogP contribution is 2.17. The van der Waals surface area contributed by atoms with E-state index in [9.17, 15) is 9.59 Å². The average molecular weight is 307 g/mol. The summed E-state index contributed by atoms with van der Waals surface area (Å²) in [7, 11) is 0. The molecule has 1 saturated heterocycles. The van der Waals surface area contributed by atoms with Gasteiger partial charge in [-0.05, 0) is 25.5 Å². The van der Waals surface area contributed by atoms with E-state index in [0.717, 1.165) is 25.9 Å². The molecule has 1 atom stereocenters. The van der Waals surface area contributed by atoms with Crippen LogP contribution in [0.15, 0.2) is 18.5 Å². The zero-order valence-corrected chi connectivity index (χ0v) is 13.1. The molecule has 122 valence electrons. The molecule has 1 aliphatic heterocycles. The van der Waals surface area contributed by atoms with E-state index in [-0.39, 0.29) is 11.8 Å². The third-order valence-electron chi connectivity index (χ3n) is 3.87. The molecule has 1 aromatic rings. The summed E-state index contributed by atoms with van der Waals surface area (Å²) in [5, 5.41) is 9.76. The van der Waals surface area contributed by atoms with Gasteiger partial charge in [-0.15, -0.1) is 0 Å². The molecule has 1 unspecified atom stereocenters. The van der Waals surface area contributed by atoms with Crippen LogP contribution in [0.25, 0.3) is 0 Å². The van der Waals surface area contributed by atoms with E-state index < -0.39 is 0 Å². The lowest BCUT2D eigenvalue weighted by atomic mass is 10.0. The van der Waals surface area contributed by atoms with Crippen molar-refractivity contribution in [2.75, 3.05) is 26.2 Å². The van der Waals surface area contributed by atoms with E-state index >= 15 is 0 Å². The van der Waals surface area contributed by atoms with E-state index in [0.29, 0.717) is 25.7 Å². The third-order valence-corrected chi connectivity index (χ3v) is 3.87. The average Bonchev–Trinajstić information content (AvgIpc) is 2.98. The predicted octanol–water partition coefficient (Wildman–Crippen LogP) is -0.0101. The molecule has 22 heavy (non-hydrogen) atoms. The quantitative estimate of drug-likeness (QED) is 0.695. The Morgan fingerprint density at radius 3 is 2.82 bits per heavy atom. The van der Waals surface area contributed by atoms with Gasteiger partial charge in [0.1, 0.15) is 0 Å². The molecule has 0 aliphatic carbocycles. The minimum absolute atomic E-state index is 0.0118. The first-order valence-corrected chi connectivity index (χ1v) is 7.88. The lowest BCUT2D eigenvalue weighted by molar-refractivity contribution is -0.123. The van der Waals surface area contributed by atoms with Crippen LogP contribution in [-0.2, 0) is 16.1 Å². The van der Waals surface area contributed by atoms with Crippen LogP contribution in [-0.4, -0.2) is 58.7 Å². The van der Waals surface area contributed by atoms with Gasteiger partial charge in [-0.2, -0.15) is 5.10 Å². The molecule has 0 radical (unpaired) electrons. The van der Waals surface area contributed by atoms with Gasteiger partial charge in [0.15, 0.2) is 0 Å². The van der Waals surface area contributed by atoms with Gasteiger partial charge in [0.05, 0.1) is 13.1 Å². The Labute approximate surface area is 131 Å². The summed E-state index contributed by atoms with van der Waals surface area (Å²) < 4.78 is 1.93. The van der Waals surface area contributed by atoms with Crippen LogP contribution in [0, 0.1) is 0 Å². The van der Waals surface area contributed by atoms with Crippen molar-refractivity contribution < 1.29 is 9.59 Å². The van der Waals surface area contributed by atoms with E-state index in [4.69, 9.17) is 0 Å². The monoisotopic (exact) mass is 307 g/mol. The zero-order chi connectivity index (χ0) is 15.8. The zero-order valence-electron chi connectivity index (χ0n) is 13.1. The molecule has 1 fully saturated rings. The topological polar surface area (TPSA) is 79.3 Å². The maximum atomic E-state index is 12.0. The van der Waals surface area contributed by atoms with E-state index in [1.807, 2.05) is 16.9 Å². The fourth-order valence-electron chi connectivity index (χ4n) is 2.78. The fourth-order valence-corrected chi connectivity index (χ4v) is 2.78. The molecule has 7 heteroatoms. The van der Waals surface area contributed by atoms with Crippen LogP contribution < -0.4 is 10.6 Å². The number of likely N-dealkylation sites (tertiary alicyclic amines) is 1. The summed E-state index contributed by atoms with van der Waals surface area (Å²) in [6.45, 7) is 4.59. The maximum absolute atomic E-state index is 12.0. The number of nitrogens with one attached hydrogen (secondary N) is 2. The maximum Gasteiger partial charge on any atom is 0.234 e. The van der Waals surface area contributed by atoms with Crippen molar-refractivity contribution in [3.05, 3.63) is 18.5 Å². The van der Waals surface area contributed by atoms with E-state index in [1.54, 1.807) is 6.20 Å². The molecule has 2 N–H and O–H groups in total. The van der Waals surface area contributed by atoms with Gasteiger partial charge in [-0.3, -0.25) is 19.2 Å². The number of amides is 2. The van der Waals surface area contributed by atoms with E-state index in [2.05, 4.69) is 20.6 Å². The van der Waals surface area contributed by atoms with Crippen molar-refractivity contribution in [2.45, 2.75) is 38.8 Å². The minimum Gasteiger partial charge on any atom is -0.355 e. The lowest BCUT2D eigenvalue weighted by Crippen LogP contribution is -2.48. The number of nitrogens with zero attached hydrogens (tertiary/aromatic N) is 3. The first-order valence-electron chi connectivity index (χ1n) is 7.88. The summed E-state index contributed by atoms with van der Waals surface area (Å²) in [4.78, 5) is 25.0. The Morgan fingerprint density at radius 1 is 1.27 bits per heavy atom. The molecular formula is C15H25N5O2. The molecule has 7 nitrogen and oxygen atoms in total. The highest BCUT2D eigenvalue weighted by molar-refractivity contribution is 5.78. The van der Waals surface area contributed by atoms with Gasteiger partial charge in [0, 0.05) is 38.4 Å². The normalized spacial score (nSPS) is 18.9. The molecule has 0 aromatic carbocycles. The van der Waals surface area contributed by atoms with Crippen molar-refractivity contribution in [3.63, 3.8) is 0 Å². The van der Waals surface area contributed by atoms with Gasteiger partial charge >= 0.3 is 0 Å². The molecular weight excluding hydrogens is 282 g/mol. The molecule has 1 aliphatic rings. The van der Waals surface area contributed by atoms with Gasteiger partial charge in [0.25, 0.3) is 0 Å². The number of hydrogen-bond acceptors (Lipinski definition) is 4. The summed E-state index contributed by atoms with van der Waals surface area (Å²) in [5.41, 5.74) is 0. The number of rotatable bonds is 7. The molecule has 0 spiro atoms. The van der Waals surface area contributed by atoms with Crippen LogP contribution in [0.3, 0.4) is 0 Å². The summed E-state index contributed by atoms with van der Waals surface area (Å²) in [6, 6.07) is 2.27. The number of aromatic nitrogens is 2. The standard InChI is InChI=1S/C15H25N5O2/c1-13(21)16-7-8-17-15(22)12-19-9-3-2-5-14(19)11-20-10-4-6-18-20/h4,6,10,14H,2-3,5,7-9,11-12H2,1H3,(H,16,21)(H,17,22). The van der Waals surface area contributed by atoms with E-state index in [1.165, 1.54) is 13.3 Å². The van der Waals surface area contributed by atoms with Crippen LogP contribution in [0.2, 0.25) is 0 Å². The van der Waals surface area contributed by atoms with Gasteiger partial charge < -0.3 is 10.6 Å². The van der Waals surface area contributed by atoms with Crippen LogP contribution >= 0.6 is 0 Å². The smallest absolute Gasteiger partial charge is 0.234 e. The van der Waals surface area contributed by atoms with Gasteiger partial charge in [-0.25, -0.2) is 0 Å². The Hall–Kier alpha value is -1.89. The summed E-state index contributed by atoms with van der Waals surface area (Å²) in [5.74, 6) is -0.0673. The molecule has 1 aromatic heterocycles. The second kappa shape index (κ2) is 8.53. The molecule has 2 heterocycles. The van der Waals surface area contributed by atoms with Crippen molar-refractivity contribution >= 4 is 11.8 Å². The molecule has 0 bridgehead atoms. The second-order valence-electron chi connectivity index (χ2n) is 5.68. The molecule has 2 rings (SSSR count). The Bertz CT molecular complexity index is 474. The number of carbonyl (C=O) groups excluding carboxylic acids is 2.